The van der Waals surface area contributed by atoms with E-state index in [4.69, 9.17) is 5.11 Å². The zero-order valence-corrected chi connectivity index (χ0v) is 8.91. The fourth-order valence-electron chi connectivity index (χ4n) is 1.88. The molecule has 0 aromatic rings. The van der Waals surface area contributed by atoms with E-state index in [9.17, 15) is 9.59 Å². The highest BCUT2D eigenvalue weighted by Gasteiger charge is 2.39. The normalized spacial score (nSPS) is 17.9. The van der Waals surface area contributed by atoms with Crippen LogP contribution >= 0.6 is 0 Å². The van der Waals surface area contributed by atoms with Crippen LogP contribution < -0.4 is 5.32 Å². The van der Waals surface area contributed by atoms with Crippen molar-refractivity contribution >= 4 is 11.9 Å². The summed E-state index contributed by atoms with van der Waals surface area (Å²) < 4.78 is 4.67. The van der Waals surface area contributed by atoms with Crippen LogP contribution in [0, 0.1) is 5.41 Å². The predicted octanol–water partition coefficient (Wildman–Crippen LogP) is 0.394. The van der Waals surface area contributed by atoms with E-state index in [-0.39, 0.29) is 24.3 Å². The minimum Gasteiger partial charge on any atom is -0.481 e. The van der Waals surface area contributed by atoms with Crippen molar-refractivity contribution < 1.29 is 19.4 Å². The number of nitrogens with one attached hydrogen (secondary N) is 1. The Morgan fingerprint density at radius 2 is 2.13 bits per heavy atom. The first kappa shape index (κ1) is 12.0. The first-order valence-corrected chi connectivity index (χ1v) is 5.05. The van der Waals surface area contributed by atoms with E-state index in [1.54, 1.807) is 0 Å². The Labute approximate surface area is 88.8 Å². The molecule has 1 fully saturated rings. The number of rotatable bonds is 6. The number of hydrogen-bond acceptors (Lipinski definition) is 3. The Morgan fingerprint density at radius 3 is 2.53 bits per heavy atom. The number of carbonyl (C=O) groups excluding carboxylic acids is 1. The number of amides is 1. The number of methoxy groups -OCH3 is 1. The summed E-state index contributed by atoms with van der Waals surface area (Å²) >= 11 is 0. The van der Waals surface area contributed by atoms with Crippen LogP contribution in [0.5, 0.6) is 0 Å². The molecule has 0 atom stereocenters. The molecule has 1 aliphatic rings. The van der Waals surface area contributed by atoms with Crippen molar-refractivity contribution in [2.75, 3.05) is 20.3 Å². The molecule has 86 valence electrons. The van der Waals surface area contributed by atoms with E-state index in [1.807, 2.05) is 0 Å². The fraction of sp³-hybridized carbons (Fsp3) is 0.800. The molecule has 5 nitrogen and oxygen atoms in total. The maximum absolute atomic E-state index is 11.1. The molecule has 1 rings (SSSR count). The average molecular weight is 215 g/mol. The third-order valence-corrected chi connectivity index (χ3v) is 2.88. The summed E-state index contributed by atoms with van der Waals surface area (Å²) in [6, 6.07) is 0. The summed E-state index contributed by atoms with van der Waals surface area (Å²) in [6.07, 6.45) is 2.95. The van der Waals surface area contributed by atoms with Crippen LogP contribution in [0.15, 0.2) is 0 Å². The summed E-state index contributed by atoms with van der Waals surface area (Å²) in [5.41, 5.74) is -0.213. The van der Waals surface area contributed by atoms with Gasteiger partial charge >= 0.3 is 5.97 Å². The van der Waals surface area contributed by atoms with Gasteiger partial charge in [0.25, 0.3) is 0 Å². The molecule has 0 aliphatic heterocycles. The van der Waals surface area contributed by atoms with Gasteiger partial charge in [-0.15, -0.1) is 0 Å². The smallest absolute Gasteiger partial charge is 0.303 e. The maximum Gasteiger partial charge on any atom is 0.303 e. The molecule has 0 heterocycles. The molecule has 1 amide bonds. The van der Waals surface area contributed by atoms with E-state index in [1.165, 1.54) is 7.11 Å². The van der Waals surface area contributed by atoms with Gasteiger partial charge in [-0.25, -0.2) is 0 Å². The van der Waals surface area contributed by atoms with Gasteiger partial charge in [-0.3, -0.25) is 9.59 Å². The van der Waals surface area contributed by atoms with E-state index in [0.717, 1.165) is 19.3 Å². The highest BCUT2D eigenvalue weighted by Crippen LogP contribution is 2.43. The van der Waals surface area contributed by atoms with Gasteiger partial charge in [0.15, 0.2) is 0 Å². The maximum atomic E-state index is 11.1. The largest absolute Gasteiger partial charge is 0.481 e. The lowest BCUT2D eigenvalue weighted by molar-refractivity contribution is -0.142. The number of carboxylic acid groups (broad SMARTS) is 1. The average Bonchev–Trinajstić information content (AvgIpc) is 2.09. The van der Waals surface area contributed by atoms with Gasteiger partial charge in [0.1, 0.15) is 6.61 Å². The fourth-order valence-corrected chi connectivity index (χ4v) is 1.88. The number of carbonyl (C=O) groups is 2. The molecule has 0 saturated heterocycles. The van der Waals surface area contributed by atoms with Gasteiger partial charge in [-0.05, 0) is 18.3 Å². The second-order valence-electron chi connectivity index (χ2n) is 4.13. The quantitative estimate of drug-likeness (QED) is 0.672. The summed E-state index contributed by atoms with van der Waals surface area (Å²) in [6.45, 7) is 0.477. The standard InChI is InChI=1S/C10H17NO4/c1-15-6-8(12)11-7-10(3-2-4-10)5-9(13)14/h2-7H2,1H3,(H,11,12)(H,13,14). The molecule has 2 N–H and O–H groups in total. The summed E-state index contributed by atoms with van der Waals surface area (Å²) in [5.74, 6) is -0.982. The second kappa shape index (κ2) is 5.11. The molecule has 15 heavy (non-hydrogen) atoms. The summed E-state index contributed by atoms with van der Waals surface area (Å²) in [5, 5.41) is 11.4. The zero-order chi connectivity index (χ0) is 11.3. The van der Waals surface area contributed by atoms with Crippen LogP contribution in [0.25, 0.3) is 0 Å². The number of hydrogen-bond donors (Lipinski definition) is 2. The van der Waals surface area contributed by atoms with Gasteiger partial charge in [0.05, 0.1) is 6.42 Å². The van der Waals surface area contributed by atoms with Gasteiger partial charge in [-0.2, -0.15) is 0 Å². The molecule has 1 saturated carbocycles. The van der Waals surface area contributed by atoms with Crippen molar-refractivity contribution in [2.24, 2.45) is 5.41 Å². The van der Waals surface area contributed by atoms with E-state index in [0.29, 0.717) is 6.54 Å². The van der Waals surface area contributed by atoms with Crippen LogP contribution in [0.3, 0.4) is 0 Å². The minimum absolute atomic E-state index is 0.0309. The number of carboxylic acids is 1. The molecule has 0 bridgehead atoms. The van der Waals surface area contributed by atoms with Crippen LogP contribution in [0.4, 0.5) is 0 Å². The molecule has 0 aromatic heterocycles. The Hall–Kier alpha value is -1.10. The monoisotopic (exact) mass is 215 g/mol. The lowest BCUT2D eigenvalue weighted by Crippen LogP contribution is -2.44. The van der Waals surface area contributed by atoms with Gasteiger partial charge in [-0.1, -0.05) is 6.42 Å². The van der Waals surface area contributed by atoms with E-state index >= 15 is 0 Å². The number of aliphatic carboxylic acids is 1. The third kappa shape index (κ3) is 3.51. The molecule has 0 spiro atoms. The first-order valence-electron chi connectivity index (χ1n) is 5.05. The van der Waals surface area contributed by atoms with Crippen LogP contribution in [0.2, 0.25) is 0 Å². The van der Waals surface area contributed by atoms with Crippen LogP contribution in [-0.4, -0.2) is 37.2 Å². The molecular formula is C10H17NO4. The third-order valence-electron chi connectivity index (χ3n) is 2.88. The molecular weight excluding hydrogens is 198 g/mol. The molecule has 1 aliphatic carbocycles. The van der Waals surface area contributed by atoms with Crippen molar-refractivity contribution in [3.05, 3.63) is 0 Å². The molecule has 5 heteroatoms. The van der Waals surface area contributed by atoms with Crippen molar-refractivity contribution in [3.8, 4) is 0 Å². The lowest BCUT2D eigenvalue weighted by atomic mass is 9.66. The Morgan fingerprint density at radius 1 is 1.47 bits per heavy atom. The summed E-state index contributed by atoms with van der Waals surface area (Å²) in [4.78, 5) is 21.8. The van der Waals surface area contributed by atoms with Crippen LogP contribution in [-0.2, 0) is 14.3 Å². The Kier molecular flexibility index (Phi) is 4.08. The zero-order valence-electron chi connectivity index (χ0n) is 8.91. The minimum atomic E-state index is -0.796. The van der Waals surface area contributed by atoms with Gasteiger partial charge in [0, 0.05) is 13.7 Å². The Balaban J connectivity index is 2.33. The van der Waals surface area contributed by atoms with Crippen LogP contribution in [0.1, 0.15) is 25.7 Å². The molecule has 0 radical (unpaired) electrons. The topological polar surface area (TPSA) is 75.6 Å². The van der Waals surface area contributed by atoms with Crippen molar-refractivity contribution in [1.29, 1.82) is 0 Å². The van der Waals surface area contributed by atoms with Gasteiger partial charge < -0.3 is 15.2 Å². The molecule has 0 unspecified atom stereocenters. The first-order chi connectivity index (χ1) is 7.08. The molecule has 0 aromatic carbocycles. The SMILES string of the molecule is COCC(=O)NCC1(CC(=O)O)CCC1. The van der Waals surface area contributed by atoms with Crippen molar-refractivity contribution in [2.45, 2.75) is 25.7 Å². The predicted molar refractivity (Wildman–Crippen MR) is 53.4 cm³/mol. The lowest BCUT2D eigenvalue weighted by Gasteiger charge is -2.40. The summed E-state index contributed by atoms with van der Waals surface area (Å²) in [7, 11) is 1.45. The second-order valence-corrected chi connectivity index (χ2v) is 4.13. The van der Waals surface area contributed by atoms with E-state index < -0.39 is 5.97 Å². The Bertz CT molecular complexity index is 248. The number of ether oxygens (including phenoxy) is 1. The van der Waals surface area contributed by atoms with E-state index in [2.05, 4.69) is 10.1 Å². The van der Waals surface area contributed by atoms with Crippen molar-refractivity contribution in [3.63, 3.8) is 0 Å². The van der Waals surface area contributed by atoms with Gasteiger partial charge in [0.2, 0.25) is 5.91 Å². The van der Waals surface area contributed by atoms with Crippen molar-refractivity contribution in [1.82, 2.24) is 5.32 Å². The highest BCUT2D eigenvalue weighted by molar-refractivity contribution is 5.77. The highest BCUT2D eigenvalue weighted by atomic mass is 16.5.